The highest BCUT2D eigenvalue weighted by Crippen LogP contribution is 2.27. The summed E-state index contributed by atoms with van der Waals surface area (Å²) in [6, 6.07) is 6.01. The average molecular weight is 300 g/mol. The number of benzene rings is 1. The number of carbonyl (C=O) groups is 1. The second kappa shape index (κ2) is 8.57. The van der Waals surface area contributed by atoms with Gasteiger partial charge in [0.25, 0.3) is 0 Å². The van der Waals surface area contributed by atoms with Crippen molar-refractivity contribution in [3.05, 3.63) is 52.6 Å². The summed E-state index contributed by atoms with van der Waals surface area (Å²) in [6.07, 6.45) is 5.62. The first kappa shape index (κ1) is 18.2. The Bertz CT molecular complexity index is 573. The summed E-state index contributed by atoms with van der Waals surface area (Å²) < 4.78 is 5.55. The van der Waals surface area contributed by atoms with Crippen molar-refractivity contribution in [2.24, 2.45) is 0 Å². The van der Waals surface area contributed by atoms with E-state index < -0.39 is 0 Å². The van der Waals surface area contributed by atoms with E-state index in [1.54, 1.807) is 6.08 Å². The average Bonchev–Trinajstić information content (AvgIpc) is 2.37. The van der Waals surface area contributed by atoms with Crippen LogP contribution in [0.5, 0.6) is 5.75 Å². The van der Waals surface area contributed by atoms with E-state index in [2.05, 4.69) is 33.8 Å². The van der Waals surface area contributed by atoms with Crippen molar-refractivity contribution < 1.29 is 9.53 Å². The standard InChI is InChI=1S/C20H28O2/c1-14(2)8-7-9-16(5)13-20(21)22-19-12-17(6)10-11-18(19)15(3)4/h8,10-13,15H,7,9H2,1-6H3/b16-13+. The van der Waals surface area contributed by atoms with Crippen LogP contribution in [0.15, 0.2) is 41.5 Å². The van der Waals surface area contributed by atoms with Crippen molar-refractivity contribution in [1.82, 2.24) is 0 Å². The highest BCUT2D eigenvalue weighted by molar-refractivity contribution is 5.85. The van der Waals surface area contributed by atoms with Gasteiger partial charge in [-0.2, -0.15) is 0 Å². The van der Waals surface area contributed by atoms with Crippen LogP contribution in [0.2, 0.25) is 0 Å². The molecule has 120 valence electrons. The summed E-state index contributed by atoms with van der Waals surface area (Å²) in [7, 11) is 0. The van der Waals surface area contributed by atoms with Crippen LogP contribution in [0.25, 0.3) is 0 Å². The van der Waals surface area contributed by atoms with Gasteiger partial charge in [0.2, 0.25) is 0 Å². The second-order valence-corrected chi connectivity index (χ2v) is 6.43. The lowest BCUT2D eigenvalue weighted by Crippen LogP contribution is -2.07. The molecular formula is C20H28O2. The molecule has 22 heavy (non-hydrogen) atoms. The third kappa shape index (κ3) is 6.30. The van der Waals surface area contributed by atoms with Crippen LogP contribution < -0.4 is 4.74 Å². The van der Waals surface area contributed by atoms with Crippen LogP contribution in [-0.4, -0.2) is 5.97 Å². The molecule has 1 rings (SSSR count). The molecule has 0 aromatic heterocycles. The second-order valence-electron chi connectivity index (χ2n) is 6.43. The maximum atomic E-state index is 12.1. The molecule has 1 aromatic rings. The Morgan fingerprint density at radius 3 is 2.50 bits per heavy atom. The number of hydrogen-bond donors (Lipinski definition) is 0. The highest BCUT2D eigenvalue weighted by atomic mass is 16.5. The van der Waals surface area contributed by atoms with Crippen LogP contribution in [0, 0.1) is 6.92 Å². The van der Waals surface area contributed by atoms with Crippen LogP contribution in [0.4, 0.5) is 0 Å². The van der Waals surface area contributed by atoms with Gasteiger partial charge in [0.15, 0.2) is 0 Å². The minimum atomic E-state index is -0.290. The smallest absolute Gasteiger partial charge is 0.336 e. The quantitative estimate of drug-likeness (QED) is 0.291. The summed E-state index contributed by atoms with van der Waals surface area (Å²) in [4.78, 5) is 12.1. The molecule has 0 aliphatic carbocycles. The van der Waals surface area contributed by atoms with E-state index in [4.69, 9.17) is 4.74 Å². The molecule has 0 aliphatic rings. The van der Waals surface area contributed by atoms with Crippen LogP contribution >= 0.6 is 0 Å². The number of aryl methyl sites for hydroxylation is 1. The van der Waals surface area contributed by atoms with Gasteiger partial charge < -0.3 is 4.74 Å². The van der Waals surface area contributed by atoms with Gasteiger partial charge in [-0.25, -0.2) is 4.79 Å². The third-order valence-electron chi connectivity index (χ3n) is 3.46. The number of hydrogen-bond acceptors (Lipinski definition) is 2. The number of ether oxygens (including phenoxy) is 1. The summed E-state index contributed by atoms with van der Waals surface area (Å²) in [5.41, 5.74) is 4.50. The van der Waals surface area contributed by atoms with E-state index in [9.17, 15) is 4.79 Å². The molecule has 0 bridgehead atoms. The topological polar surface area (TPSA) is 26.3 Å². The fourth-order valence-corrected chi connectivity index (χ4v) is 2.21. The monoisotopic (exact) mass is 300 g/mol. The normalized spacial score (nSPS) is 11.5. The summed E-state index contributed by atoms with van der Waals surface area (Å²) in [5.74, 6) is 0.710. The zero-order valence-corrected chi connectivity index (χ0v) is 14.7. The van der Waals surface area contributed by atoms with Crippen LogP contribution in [0.3, 0.4) is 0 Å². The molecule has 0 amide bonds. The van der Waals surface area contributed by atoms with Gasteiger partial charge in [0, 0.05) is 6.08 Å². The Labute approximate surface area is 134 Å². The van der Waals surface area contributed by atoms with Gasteiger partial charge in [-0.05, 0) is 63.6 Å². The van der Waals surface area contributed by atoms with Gasteiger partial charge in [-0.3, -0.25) is 0 Å². The summed E-state index contributed by atoms with van der Waals surface area (Å²) >= 11 is 0. The summed E-state index contributed by atoms with van der Waals surface area (Å²) in [6.45, 7) is 12.3. The van der Waals surface area contributed by atoms with Crippen LogP contribution in [0.1, 0.15) is 64.5 Å². The number of esters is 1. The maximum absolute atomic E-state index is 12.1. The van der Waals surface area contributed by atoms with E-state index in [1.807, 2.05) is 32.0 Å². The molecular weight excluding hydrogens is 272 g/mol. The Hall–Kier alpha value is -1.83. The fraction of sp³-hybridized carbons (Fsp3) is 0.450. The lowest BCUT2D eigenvalue weighted by Gasteiger charge is -2.13. The molecule has 2 heteroatoms. The lowest BCUT2D eigenvalue weighted by atomic mass is 10.0. The minimum Gasteiger partial charge on any atom is -0.423 e. The van der Waals surface area contributed by atoms with Crippen molar-refractivity contribution in [2.45, 2.75) is 60.3 Å². The molecule has 2 nitrogen and oxygen atoms in total. The largest absolute Gasteiger partial charge is 0.423 e. The molecule has 0 radical (unpaired) electrons. The van der Waals surface area contributed by atoms with Crippen molar-refractivity contribution >= 4 is 5.97 Å². The molecule has 0 spiro atoms. The Morgan fingerprint density at radius 1 is 1.23 bits per heavy atom. The molecule has 0 saturated heterocycles. The fourth-order valence-electron chi connectivity index (χ4n) is 2.21. The van der Waals surface area contributed by atoms with E-state index in [1.165, 1.54) is 5.57 Å². The zero-order chi connectivity index (χ0) is 16.7. The first-order chi connectivity index (χ1) is 10.3. The van der Waals surface area contributed by atoms with Crippen molar-refractivity contribution in [1.29, 1.82) is 0 Å². The van der Waals surface area contributed by atoms with Gasteiger partial charge in [0.05, 0.1) is 0 Å². The van der Waals surface area contributed by atoms with Gasteiger partial charge >= 0.3 is 5.97 Å². The number of rotatable bonds is 6. The molecule has 1 aromatic carbocycles. The molecule has 0 saturated carbocycles. The van der Waals surface area contributed by atoms with Crippen molar-refractivity contribution in [3.8, 4) is 5.75 Å². The number of carbonyl (C=O) groups excluding carboxylic acids is 1. The number of allylic oxidation sites excluding steroid dienone is 3. The Kier molecular flexibility index (Phi) is 7.10. The van der Waals surface area contributed by atoms with E-state index in [0.29, 0.717) is 11.7 Å². The molecule has 0 aliphatic heterocycles. The third-order valence-corrected chi connectivity index (χ3v) is 3.46. The minimum absolute atomic E-state index is 0.290. The first-order valence-corrected chi connectivity index (χ1v) is 7.92. The molecule has 0 heterocycles. The Morgan fingerprint density at radius 2 is 1.91 bits per heavy atom. The van der Waals surface area contributed by atoms with Gasteiger partial charge in [0.1, 0.15) is 5.75 Å². The predicted octanol–water partition coefficient (Wildman–Crippen LogP) is 5.72. The molecule has 0 unspecified atom stereocenters. The molecule has 0 fully saturated rings. The lowest BCUT2D eigenvalue weighted by molar-refractivity contribution is -0.129. The van der Waals surface area contributed by atoms with Gasteiger partial charge in [-0.1, -0.05) is 43.2 Å². The molecule has 0 atom stereocenters. The van der Waals surface area contributed by atoms with E-state index in [-0.39, 0.29) is 5.97 Å². The SMILES string of the molecule is CC(C)=CCC/C(C)=C/C(=O)Oc1cc(C)ccc1C(C)C. The van der Waals surface area contributed by atoms with Crippen molar-refractivity contribution in [3.63, 3.8) is 0 Å². The maximum Gasteiger partial charge on any atom is 0.336 e. The van der Waals surface area contributed by atoms with E-state index in [0.717, 1.165) is 29.5 Å². The van der Waals surface area contributed by atoms with Gasteiger partial charge in [-0.15, -0.1) is 0 Å². The zero-order valence-electron chi connectivity index (χ0n) is 14.7. The van der Waals surface area contributed by atoms with E-state index >= 15 is 0 Å². The first-order valence-electron chi connectivity index (χ1n) is 7.92. The van der Waals surface area contributed by atoms with Crippen LogP contribution in [-0.2, 0) is 4.79 Å². The predicted molar refractivity (Wildman–Crippen MR) is 93.3 cm³/mol. The van der Waals surface area contributed by atoms with Crippen molar-refractivity contribution in [2.75, 3.05) is 0 Å². The molecule has 0 N–H and O–H groups in total. The summed E-state index contributed by atoms with van der Waals surface area (Å²) in [5, 5.41) is 0. The Balaban J connectivity index is 2.76. The highest BCUT2D eigenvalue weighted by Gasteiger charge is 2.11.